The Morgan fingerprint density at radius 3 is 2.87 bits per heavy atom. The number of hydrogen-bond acceptors (Lipinski definition) is 2. The van der Waals surface area contributed by atoms with E-state index in [1.165, 1.54) is 16.7 Å². The van der Waals surface area contributed by atoms with Crippen molar-refractivity contribution in [1.82, 2.24) is 4.90 Å². The summed E-state index contributed by atoms with van der Waals surface area (Å²) in [4.78, 5) is 2.24. The zero-order valence-electron chi connectivity index (χ0n) is 9.53. The first-order chi connectivity index (χ1) is 7.24. The minimum Gasteiger partial charge on any atom is -0.395 e. The van der Waals surface area contributed by atoms with E-state index in [2.05, 4.69) is 37.1 Å². The lowest BCUT2D eigenvalue weighted by atomic mass is 9.93. The summed E-state index contributed by atoms with van der Waals surface area (Å²) in [5, 5.41) is 9.25. The first-order valence-electron chi connectivity index (χ1n) is 5.66. The molecule has 0 radical (unpaired) electrons. The molecule has 0 bridgehead atoms. The van der Waals surface area contributed by atoms with E-state index >= 15 is 0 Å². The molecule has 82 valence electrons. The summed E-state index contributed by atoms with van der Waals surface area (Å²) in [6.07, 6.45) is 2.08. The maximum absolute atomic E-state index is 9.25. The van der Waals surface area contributed by atoms with E-state index in [1.54, 1.807) is 0 Å². The fourth-order valence-corrected chi connectivity index (χ4v) is 2.26. The fraction of sp³-hybridized carbons (Fsp3) is 0.538. The third-order valence-electron chi connectivity index (χ3n) is 3.39. The van der Waals surface area contributed by atoms with Gasteiger partial charge in [-0.05, 0) is 36.6 Å². The number of aliphatic hydroxyl groups is 1. The van der Waals surface area contributed by atoms with Gasteiger partial charge < -0.3 is 5.11 Å². The van der Waals surface area contributed by atoms with Crippen LogP contribution in [-0.4, -0.2) is 29.7 Å². The van der Waals surface area contributed by atoms with Gasteiger partial charge in [-0.3, -0.25) is 4.90 Å². The quantitative estimate of drug-likeness (QED) is 0.792. The van der Waals surface area contributed by atoms with Crippen LogP contribution < -0.4 is 0 Å². The van der Waals surface area contributed by atoms with Crippen LogP contribution in [0, 0.1) is 0 Å². The molecule has 1 atom stereocenters. The highest BCUT2D eigenvalue weighted by atomic mass is 16.3. The Bertz CT molecular complexity index is 348. The Hall–Kier alpha value is -0.860. The molecule has 0 saturated heterocycles. The van der Waals surface area contributed by atoms with Crippen LogP contribution in [0.1, 0.15) is 23.6 Å². The molecule has 2 rings (SSSR count). The second-order valence-electron chi connectivity index (χ2n) is 4.41. The van der Waals surface area contributed by atoms with Gasteiger partial charge in [0.2, 0.25) is 0 Å². The first-order valence-corrected chi connectivity index (χ1v) is 5.66. The molecular weight excluding hydrogens is 186 g/mol. The molecule has 0 aliphatic carbocycles. The van der Waals surface area contributed by atoms with Crippen molar-refractivity contribution in [3.63, 3.8) is 0 Å². The van der Waals surface area contributed by atoms with Gasteiger partial charge in [0.05, 0.1) is 6.61 Å². The Labute approximate surface area is 91.5 Å². The van der Waals surface area contributed by atoms with Gasteiger partial charge in [-0.15, -0.1) is 0 Å². The van der Waals surface area contributed by atoms with E-state index in [0.29, 0.717) is 6.04 Å². The van der Waals surface area contributed by atoms with Crippen LogP contribution in [0.2, 0.25) is 0 Å². The predicted molar refractivity (Wildman–Crippen MR) is 61.9 cm³/mol. The summed E-state index contributed by atoms with van der Waals surface area (Å²) in [6.45, 7) is 3.41. The number of benzene rings is 1. The van der Waals surface area contributed by atoms with Gasteiger partial charge in [0.15, 0.2) is 0 Å². The molecule has 0 aromatic heterocycles. The van der Waals surface area contributed by atoms with Gasteiger partial charge in [0.1, 0.15) is 0 Å². The fourth-order valence-electron chi connectivity index (χ4n) is 2.26. The van der Waals surface area contributed by atoms with Gasteiger partial charge >= 0.3 is 0 Å². The van der Waals surface area contributed by atoms with Crippen molar-refractivity contribution in [3.05, 3.63) is 34.9 Å². The van der Waals surface area contributed by atoms with Gasteiger partial charge in [0.25, 0.3) is 0 Å². The lowest BCUT2D eigenvalue weighted by Crippen LogP contribution is -2.39. The molecule has 2 heteroatoms. The number of hydrogen-bond donors (Lipinski definition) is 1. The van der Waals surface area contributed by atoms with Crippen LogP contribution in [0.25, 0.3) is 0 Å². The Morgan fingerprint density at radius 2 is 2.20 bits per heavy atom. The number of fused-ring (bicyclic) bond motifs is 1. The van der Waals surface area contributed by atoms with E-state index in [1.807, 2.05) is 0 Å². The number of aliphatic hydroxyl groups excluding tert-OH is 1. The second-order valence-corrected chi connectivity index (χ2v) is 4.41. The van der Waals surface area contributed by atoms with Gasteiger partial charge in [0, 0.05) is 12.6 Å². The number of likely N-dealkylation sites (N-methyl/N-ethyl adjacent to an activating group) is 1. The Morgan fingerprint density at radius 1 is 1.40 bits per heavy atom. The van der Waals surface area contributed by atoms with Crippen molar-refractivity contribution in [3.8, 4) is 0 Å². The van der Waals surface area contributed by atoms with Crippen molar-refractivity contribution in [2.75, 3.05) is 13.7 Å². The highest BCUT2D eigenvalue weighted by molar-refractivity contribution is 5.34. The maximum atomic E-state index is 9.25. The van der Waals surface area contributed by atoms with Crippen molar-refractivity contribution < 1.29 is 5.11 Å². The molecule has 0 fully saturated rings. The number of rotatable bonds is 2. The zero-order chi connectivity index (χ0) is 10.8. The lowest BCUT2D eigenvalue weighted by molar-refractivity contribution is 0.131. The Kier molecular flexibility index (Phi) is 3.08. The van der Waals surface area contributed by atoms with Crippen molar-refractivity contribution in [2.24, 2.45) is 0 Å². The van der Waals surface area contributed by atoms with Crippen molar-refractivity contribution >= 4 is 0 Å². The molecular formula is C13H19NO. The van der Waals surface area contributed by atoms with E-state index < -0.39 is 0 Å². The molecule has 1 aliphatic rings. The second kappa shape index (κ2) is 4.33. The SMILES string of the molecule is CCc1ccc2c(c1)CN(C)C(CO)C2. The average molecular weight is 205 g/mol. The molecule has 15 heavy (non-hydrogen) atoms. The molecule has 0 amide bonds. The number of aryl methyl sites for hydroxylation is 1. The molecule has 1 unspecified atom stereocenters. The van der Waals surface area contributed by atoms with E-state index in [4.69, 9.17) is 0 Å². The summed E-state index contributed by atoms with van der Waals surface area (Å²) in [7, 11) is 2.09. The van der Waals surface area contributed by atoms with Crippen LogP contribution in [-0.2, 0) is 19.4 Å². The normalized spacial score (nSPS) is 21.4. The third-order valence-corrected chi connectivity index (χ3v) is 3.39. The van der Waals surface area contributed by atoms with Crippen LogP contribution in [0.5, 0.6) is 0 Å². The first kappa shape index (κ1) is 10.7. The van der Waals surface area contributed by atoms with Crippen LogP contribution >= 0.6 is 0 Å². The standard InChI is InChI=1S/C13H19NO/c1-3-10-4-5-11-7-13(9-15)14(2)8-12(11)6-10/h4-6,13,15H,3,7-9H2,1-2H3. The van der Waals surface area contributed by atoms with Gasteiger partial charge in [-0.25, -0.2) is 0 Å². The van der Waals surface area contributed by atoms with Crippen LogP contribution in [0.4, 0.5) is 0 Å². The minimum absolute atomic E-state index is 0.255. The van der Waals surface area contributed by atoms with E-state index in [0.717, 1.165) is 19.4 Å². The maximum Gasteiger partial charge on any atom is 0.0590 e. The summed E-state index contributed by atoms with van der Waals surface area (Å²) >= 11 is 0. The molecule has 2 nitrogen and oxygen atoms in total. The monoisotopic (exact) mass is 205 g/mol. The lowest BCUT2D eigenvalue weighted by Gasteiger charge is -2.33. The topological polar surface area (TPSA) is 23.5 Å². The summed E-state index contributed by atoms with van der Waals surface area (Å²) in [5.41, 5.74) is 4.25. The van der Waals surface area contributed by atoms with Gasteiger partial charge in [-0.2, -0.15) is 0 Å². The molecule has 1 aliphatic heterocycles. The molecule has 1 N–H and O–H groups in total. The van der Waals surface area contributed by atoms with E-state index in [-0.39, 0.29) is 6.61 Å². The zero-order valence-corrected chi connectivity index (χ0v) is 9.53. The molecule has 1 aromatic rings. The predicted octanol–water partition coefficient (Wildman–Crippen LogP) is 1.60. The largest absolute Gasteiger partial charge is 0.395 e. The summed E-state index contributed by atoms with van der Waals surface area (Å²) in [5.74, 6) is 0. The molecule has 1 heterocycles. The minimum atomic E-state index is 0.255. The molecule has 0 spiro atoms. The number of nitrogens with zero attached hydrogens (tertiary/aromatic N) is 1. The molecule has 1 aromatic carbocycles. The smallest absolute Gasteiger partial charge is 0.0590 e. The van der Waals surface area contributed by atoms with Crippen LogP contribution in [0.3, 0.4) is 0 Å². The highest BCUT2D eigenvalue weighted by Crippen LogP contribution is 2.23. The summed E-state index contributed by atoms with van der Waals surface area (Å²) in [6, 6.07) is 7.03. The van der Waals surface area contributed by atoms with Gasteiger partial charge in [-0.1, -0.05) is 25.1 Å². The molecule has 0 saturated carbocycles. The highest BCUT2D eigenvalue weighted by Gasteiger charge is 2.22. The van der Waals surface area contributed by atoms with Crippen LogP contribution in [0.15, 0.2) is 18.2 Å². The average Bonchev–Trinajstić information content (AvgIpc) is 2.27. The van der Waals surface area contributed by atoms with Crippen molar-refractivity contribution in [1.29, 1.82) is 0 Å². The Balaban J connectivity index is 2.28. The third kappa shape index (κ3) is 2.06. The summed E-state index contributed by atoms with van der Waals surface area (Å²) < 4.78 is 0. The van der Waals surface area contributed by atoms with E-state index in [9.17, 15) is 5.11 Å². The van der Waals surface area contributed by atoms with Crippen molar-refractivity contribution in [2.45, 2.75) is 32.4 Å².